The standard InChI is InChI=1S/C27H34O3P2/c1-25(2,3)31(29,23-18-12-8-13-19-23)27(28,22-16-10-7-11-17-22)32(30,26(4,5)6)24-20-14-9-15-21-24/h7-21,28H,1-6H3. The minimum Gasteiger partial charge on any atom is -0.371 e. The van der Waals surface area contributed by atoms with Gasteiger partial charge in [0.1, 0.15) is 0 Å². The van der Waals surface area contributed by atoms with E-state index in [1.165, 1.54) is 0 Å². The van der Waals surface area contributed by atoms with Gasteiger partial charge >= 0.3 is 0 Å². The molecule has 0 fully saturated rings. The van der Waals surface area contributed by atoms with E-state index in [1.807, 2.05) is 84.0 Å². The second kappa shape index (κ2) is 8.45. The first-order valence-electron chi connectivity index (χ1n) is 10.9. The molecular formula is C27H34O3P2. The van der Waals surface area contributed by atoms with Gasteiger partial charge in [0.15, 0.2) is 14.3 Å². The van der Waals surface area contributed by atoms with Crippen LogP contribution in [0.2, 0.25) is 0 Å². The maximum atomic E-state index is 15.5. The number of rotatable bonds is 5. The van der Waals surface area contributed by atoms with Crippen molar-refractivity contribution in [2.24, 2.45) is 0 Å². The van der Waals surface area contributed by atoms with Gasteiger partial charge in [0.25, 0.3) is 0 Å². The quantitative estimate of drug-likeness (QED) is 0.421. The Labute approximate surface area is 192 Å². The van der Waals surface area contributed by atoms with Gasteiger partial charge in [0.2, 0.25) is 5.08 Å². The smallest absolute Gasteiger partial charge is 0.204 e. The topological polar surface area (TPSA) is 54.4 Å². The van der Waals surface area contributed by atoms with Gasteiger partial charge < -0.3 is 14.2 Å². The molecule has 0 bridgehead atoms. The average Bonchev–Trinajstić information content (AvgIpc) is 2.77. The zero-order valence-corrected chi connectivity index (χ0v) is 21.6. The molecule has 0 aliphatic carbocycles. The van der Waals surface area contributed by atoms with Gasteiger partial charge in [-0.3, -0.25) is 0 Å². The predicted octanol–water partition coefficient (Wildman–Crippen LogP) is 6.76. The van der Waals surface area contributed by atoms with E-state index in [-0.39, 0.29) is 0 Å². The second-order valence-electron chi connectivity index (χ2n) is 10.2. The third-order valence-corrected chi connectivity index (χ3v) is 16.0. The first-order valence-corrected chi connectivity index (χ1v) is 14.3. The average molecular weight is 469 g/mol. The molecule has 0 heterocycles. The molecule has 2 unspecified atom stereocenters. The summed E-state index contributed by atoms with van der Waals surface area (Å²) in [6.45, 7) is 11.2. The van der Waals surface area contributed by atoms with Crippen molar-refractivity contribution >= 4 is 24.9 Å². The lowest BCUT2D eigenvalue weighted by atomic mass is 10.2. The highest BCUT2D eigenvalue weighted by Gasteiger charge is 2.68. The molecule has 2 atom stereocenters. The van der Waals surface area contributed by atoms with E-state index in [0.29, 0.717) is 16.2 Å². The normalized spacial score (nSPS) is 18.2. The Kier molecular flexibility index (Phi) is 6.53. The van der Waals surface area contributed by atoms with Crippen LogP contribution in [0.5, 0.6) is 0 Å². The Bertz CT molecular complexity index is 1070. The van der Waals surface area contributed by atoms with Crippen LogP contribution in [0.3, 0.4) is 0 Å². The molecule has 3 aromatic carbocycles. The first kappa shape index (κ1) is 24.7. The largest absolute Gasteiger partial charge is 0.371 e. The minimum absolute atomic E-state index is 0.421. The number of hydrogen-bond donors (Lipinski definition) is 1. The fourth-order valence-corrected chi connectivity index (χ4v) is 15.0. The first-order chi connectivity index (χ1) is 14.8. The summed E-state index contributed by atoms with van der Waals surface area (Å²) in [7, 11) is -7.58. The van der Waals surface area contributed by atoms with Gasteiger partial charge in [-0.05, 0) is 5.56 Å². The molecule has 0 saturated heterocycles. The highest BCUT2D eigenvalue weighted by atomic mass is 31.2. The summed E-state index contributed by atoms with van der Waals surface area (Å²) in [5.74, 6) is 0. The van der Waals surface area contributed by atoms with E-state index in [9.17, 15) is 5.11 Å². The van der Waals surface area contributed by atoms with E-state index >= 15 is 9.13 Å². The Hall–Kier alpha value is -1.92. The summed E-state index contributed by atoms with van der Waals surface area (Å²) >= 11 is 0. The molecule has 3 nitrogen and oxygen atoms in total. The van der Waals surface area contributed by atoms with Crippen LogP contribution in [0.25, 0.3) is 0 Å². The van der Waals surface area contributed by atoms with E-state index in [2.05, 4.69) is 0 Å². The van der Waals surface area contributed by atoms with Gasteiger partial charge in [-0.1, -0.05) is 133 Å². The molecule has 0 aliphatic rings. The summed E-state index contributed by atoms with van der Waals surface area (Å²) in [5, 5.41) is 10.2. The van der Waals surface area contributed by atoms with Crippen molar-refractivity contribution in [2.75, 3.05) is 0 Å². The summed E-state index contributed by atoms with van der Waals surface area (Å²) in [6.07, 6.45) is 0. The van der Waals surface area contributed by atoms with Crippen LogP contribution in [0.1, 0.15) is 47.1 Å². The Morgan fingerprint density at radius 3 is 1.09 bits per heavy atom. The van der Waals surface area contributed by atoms with Gasteiger partial charge in [-0.15, -0.1) is 0 Å². The lowest BCUT2D eigenvalue weighted by Gasteiger charge is -2.51. The van der Waals surface area contributed by atoms with Crippen LogP contribution in [0.4, 0.5) is 0 Å². The van der Waals surface area contributed by atoms with Crippen molar-refractivity contribution in [2.45, 2.75) is 56.9 Å². The molecule has 3 aromatic rings. The highest BCUT2D eigenvalue weighted by molar-refractivity contribution is 7.90. The maximum absolute atomic E-state index is 15.5. The van der Waals surface area contributed by atoms with Crippen molar-refractivity contribution in [1.29, 1.82) is 0 Å². The highest BCUT2D eigenvalue weighted by Crippen LogP contribution is 2.85. The molecule has 1 N–H and O–H groups in total. The Morgan fingerprint density at radius 2 is 0.812 bits per heavy atom. The van der Waals surface area contributed by atoms with Gasteiger partial charge in [-0.2, -0.15) is 0 Å². The molecule has 0 saturated carbocycles. The molecule has 0 spiro atoms. The molecule has 3 rings (SSSR count). The third-order valence-electron chi connectivity index (χ3n) is 6.17. The Morgan fingerprint density at radius 1 is 0.531 bits per heavy atom. The molecule has 0 aromatic heterocycles. The number of hydrogen-bond acceptors (Lipinski definition) is 3. The summed E-state index contributed by atoms with van der Waals surface area (Å²) in [6, 6.07) is 27.1. The van der Waals surface area contributed by atoms with E-state index in [0.717, 1.165) is 0 Å². The van der Waals surface area contributed by atoms with Crippen molar-refractivity contribution in [1.82, 2.24) is 0 Å². The van der Waals surface area contributed by atoms with E-state index < -0.39 is 29.7 Å². The fourth-order valence-electron chi connectivity index (χ4n) is 4.57. The number of aliphatic hydroxyl groups is 1. The van der Waals surface area contributed by atoms with E-state index in [1.54, 1.807) is 48.5 Å². The molecule has 5 heteroatoms. The van der Waals surface area contributed by atoms with Crippen molar-refractivity contribution in [3.8, 4) is 0 Å². The van der Waals surface area contributed by atoms with E-state index in [4.69, 9.17) is 0 Å². The van der Waals surface area contributed by atoms with Crippen LogP contribution in [0, 0.1) is 0 Å². The molecule has 0 amide bonds. The molecular weight excluding hydrogens is 434 g/mol. The summed E-state index contributed by atoms with van der Waals surface area (Å²) < 4.78 is 31.0. The summed E-state index contributed by atoms with van der Waals surface area (Å²) in [4.78, 5) is 0. The van der Waals surface area contributed by atoms with Crippen molar-refractivity contribution in [3.63, 3.8) is 0 Å². The zero-order chi connectivity index (χ0) is 23.8. The second-order valence-corrected chi connectivity index (χ2v) is 18.0. The molecule has 0 radical (unpaired) electrons. The van der Waals surface area contributed by atoms with Crippen LogP contribution < -0.4 is 10.6 Å². The molecule has 0 aliphatic heterocycles. The van der Waals surface area contributed by atoms with Crippen LogP contribution in [0.15, 0.2) is 91.0 Å². The van der Waals surface area contributed by atoms with Gasteiger partial charge in [-0.25, -0.2) is 0 Å². The van der Waals surface area contributed by atoms with Gasteiger partial charge in [0.05, 0.1) is 0 Å². The predicted molar refractivity (Wildman–Crippen MR) is 137 cm³/mol. The molecule has 170 valence electrons. The number of benzene rings is 3. The SMILES string of the molecule is CC(C)(C)P(=O)(c1ccccc1)C(O)(c1ccccc1)P(=O)(c1ccccc1)C(C)(C)C. The van der Waals surface area contributed by atoms with Crippen molar-refractivity contribution < 1.29 is 14.2 Å². The zero-order valence-electron chi connectivity index (χ0n) is 19.8. The third kappa shape index (κ3) is 3.56. The lowest BCUT2D eigenvalue weighted by Crippen LogP contribution is -2.45. The van der Waals surface area contributed by atoms with Crippen molar-refractivity contribution in [3.05, 3.63) is 96.6 Å². The molecule has 32 heavy (non-hydrogen) atoms. The van der Waals surface area contributed by atoms with Crippen LogP contribution in [-0.4, -0.2) is 15.4 Å². The summed E-state index contributed by atoms with van der Waals surface area (Å²) in [5.41, 5.74) is 0.421. The van der Waals surface area contributed by atoms with Gasteiger partial charge in [0, 0.05) is 20.9 Å². The Balaban J connectivity index is 2.59. The van der Waals surface area contributed by atoms with Crippen LogP contribution in [-0.2, 0) is 14.2 Å². The minimum atomic E-state index is -3.79. The maximum Gasteiger partial charge on any atom is 0.204 e. The van der Waals surface area contributed by atoms with Crippen LogP contribution >= 0.6 is 14.3 Å². The lowest BCUT2D eigenvalue weighted by molar-refractivity contribution is 0.197. The monoisotopic (exact) mass is 468 g/mol. The fraction of sp³-hybridized carbons (Fsp3) is 0.333.